The number of rotatable bonds is 6. The molecule has 162 valence electrons. The first-order valence-corrected chi connectivity index (χ1v) is 9.79. The summed E-state index contributed by atoms with van der Waals surface area (Å²) < 4.78 is 40.7. The van der Waals surface area contributed by atoms with Gasteiger partial charge in [-0.2, -0.15) is 13.2 Å². The van der Waals surface area contributed by atoms with Crippen molar-refractivity contribution in [3.8, 4) is 0 Å². The number of hydrogen-bond donors (Lipinski definition) is 0. The van der Waals surface area contributed by atoms with E-state index in [2.05, 4.69) is 9.64 Å². The van der Waals surface area contributed by atoms with Gasteiger partial charge >= 0.3 is 12.2 Å². The maximum Gasteiger partial charge on any atom is 0.411 e. The lowest BCUT2D eigenvalue weighted by atomic mass is 9.95. The Labute approximate surface area is 164 Å². The smallest absolute Gasteiger partial charge is 0.372 e. The first-order valence-electron chi connectivity index (χ1n) is 9.79. The third-order valence-electron chi connectivity index (χ3n) is 5.21. The number of hydrogen-bond acceptors (Lipinski definition) is 4. The van der Waals surface area contributed by atoms with E-state index in [0.717, 1.165) is 13.1 Å². The lowest BCUT2D eigenvalue weighted by Gasteiger charge is -2.39. The summed E-state index contributed by atoms with van der Waals surface area (Å²) in [5.74, 6) is 0.124. The van der Waals surface area contributed by atoms with Gasteiger partial charge in [-0.3, -0.25) is 9.69 Å². The molecule has 0 aromatic carbocycles. The van der Waals surface area contributed by atoms with Gasteiger partial charge in [0, 0.05) is 72.4 Å². The van der Waals surface area contributed by atoms with Crippen molar-refractivity contribution >= 4 is 11.9 Å². The number of likely N-dealkylation sites (tertiary alicyclic amines) is 1. The molecule has 7 nitrogen and oxygen atoms in total. The van der Waals surface area contributed by atoms with Gasteiger partial charge in [0.25, 0.3) is 0 Å². The maximum atomic E-state index is 12.7. The fraction of sp³-hybridized carbons (Fsp3) is 0.889. The lowest BCUT2D eigenvalue weighted by molar-refractivity contribution is -0.174. The van der Waals surface area contributed by atoms with Gasteiger partial charge in [0.1, 0.15) is 6.61 Å². The number of alkyl halides is 3. The van der Waals surface area contributed by atoms with Crippen LogP contribution in [0.15, 0.2) is 0 Å². The highest BCUT2D eigenvalue weighted by Crippen LogP contribution is 2.21. The molecule has 0 spiro atoms. The molecule has 3 amide bonds. The predicted molar refractivity (Wildman–Crippen MR) is 97.9 cm³/mol. The Bertz CT molecular complexity index is 515. The molecule has 2 fully saturated rings. The van der Waals surface area contributed by atoms with Crippen LogP contribution in [-0.4, -0.2) is 111 Å². The molecule has 2 saturated heterocycles. The minimum Gasteiger partial charge on any atom is -0.372 e. The highest BCUT2D eigenvalue weighted by molar-refractivity contribution is 5.80. The topological polar surface area (TPSA) is 56.3 Å². The minimum absolute atomic E-state index is 0.0151. The number of carbonyl (C=O) groups excluding carboxylic acids is 2. The molecule has 2 rings (SSSR count). The monoisotopic (exact) mass is 408 g/mol. The van der Waals surface area contributed by atoms with Crippen molar-refractivity contribution in [2.24, 2.45) is 5.92 Å². The van der Waals surface area contributed by atoms with Crippen molar-refractivity contribution in [3.05, 3.63) is 0 Å². The summed E-state index contributed by atoms with van der Waals surface area (Å²) in [6, 6.07) is -0.0151. The summed E-state index contributed by atoms with van der Waals surface area (Å²) in [6.45, 7) is 3.49. The molecule has 2 aliphatic heterocycles. The van der Waals surface area contributed by atoms with E-state index in [4.69, 9.17) is 0 Å². The van der Waals surface area contributed by atoms with E-state index in [1.807, 2.05) is 4.90 Å². The standard InChI is InChI=1S/C18H31F3N4O3/c1-22(2)17(27)25-7-4-15(5-8-25)16(26)24-11-9-23(10-12-24)6-3-13-28-14-18(19,20)21/h15H,3-14H2,1-2H3. The van der Waals surface area contributed by atoms with Gasteiger partial charge in [0.2, 0.25) is 5.91 Å². The Morgan fingerprint density at radius 1 is 1.00 bits per heavy atom. The molecule has 0 unspecified atom stereocenters. The minimum atomic E-state index is -4.28. The fourth-order valence-electron chi connectivity index (χ4n) is 3.63. The molecular weight excluding hydrogens is 377 g/mol. The number of amides is 3. The summed E-state index contributed by atoms with van der Waals surface area (Å²) in [5, 5.41) is 0. The van der Waals surface area contributed by atoms with Gasteiger partial charge in [-0.15, -0.1) is 0 Å². The highest BCUT2D eigenvalue weighted by Gasteiger charge is 2.32. The SMILES string of the molecule is CN(C)C(=O)N1CCC(C(=O)N2CCN(CCCOCC(F)(F)F)CC2)CC1. The van der Waals surface area contributed by atoms with Crippen molar-refractivity contribution in [1.29, 1.82) is 0 Å². The van der Waals surface area contributed by atoms with Crippen LogP contribution in [0.2, 0.25) is 0 Å². The second-order valence-electron chi connectivity index (χ2n) is 7.63. The zero-order valence-corrected chi connectivity index (χ0v) is 16.7. The van der Waals surface area contributed by atoms with Crippen molar-refractivity contribution in [2.75, 3.05) is 73.1 Å². The molecule has 0 aliphatic carbocycles. The van der Waals surface area contributed by atoms with Crippen molar-refractivity contribution < 1.29 is 27.5 Å². The normalized spacial score (nSPS) is 19.8. The van der Waals surface area contributed by atoms with Crippen LogP contribution < -0.4 is 0 Å². The van der Waals surface area contributed by atoms with Crippen LogP contribution in [-0.2, 0) is 9.53 Å². The van der Waals surface area contributed by atoms with E-state index in [1.54, 1.807) is 23.9 Å². The first kappa shape index (κ1) is 22.7. The number of nitrogens with zero attached hydrogens (tertiary/aromatic N) is 4. The van der Waals surface area contributed by atoms with Gasteiger partial charge in [0.15, 0.2) is 0 Å². The van der Waals surface area contributed by atoms with E-state index in [1.165, 1.54) is 0 Å². The number of piperazine rings is 1. The van der Waals surface area contributed by atoms with Crippen LogP contribution in [0.4, 0.5) is 18.0 Å². The van der Waals surface area contributed by atoms with E-state index < -0.39 is 12.8 Å². The Balaban J connectivity index is 1.62. The second-order valence-corrected chi connectivity index (χ2v) is 7.63. The average Bonchev–Trinajstić information content (AvgIpc) is 2.66. The molecule has 0 saturated carbocycles. The van der Waals surface area contributed by atoms with Crippen LogP contribution in [0, 0.1) is 5.92 Å². The fourth-order valence-corrected chi connectivity index (χ4v) is 3.63. The number of ether oxygens (including phenoxy) is 1. The number of urea groups is 1. The predicted octanol–water partition coefficient (Wildman–Crippen LogP) is 1.49. The molecule has 0 radical (unpaired) electrons. The summed E-state index contributed by atoms with van der Waals surface area (Å²) in [7, 11) is 3.45. The molecule has 28 heavy (non-hydrogen) atoms. The van der Waals surface area contributed by atoms with Crippen LogP contribution >= 0.6 is 0 Å². The molecule has 0 aromatic rings. The van der Waals surface area contributed by atoms with Crippen LogP contribution in [0.1, 0.15) is 19.3 Å². The molecule has 0 aromatic heterocycles. The van der Waals surface area contributed by atoms with Gasteiger partial charge < -0.3 is 19.4 Å². The van der Waals surface area contributed by atoms with E-state index in [9.17, 15) is 22.8 Å². The average molecular weight is 408 g/mol. The van der Waals surface area contributed by atoms with E-state index in [-0.39, 0.29) is 24.5 Å². The lowest BCUT2D eigenvalue weighted by Crippen LogP contribution is -2.52. The Morgan fingerprint density at radius 3 is 2.14 bits per heavy atom. The van der Waals surface area contributed by atoms with Crippen LogP contribution in [0.25, 0.3) is 0 Å². The van der Waals surface area contributed by atoms with Gasteiger partial charge in [-0.05, 0) is 19.3 Å². The van der Waals surface area contributed by atoms with E-state index in [0.29, 0.717) is 52.0 Å². The Morgan fingerprint density at radius 2 is 1.61 bits per heavy atom. The number of piperidine rings is 1. The van der Waals surface area contributed by atoms with Crippen molar-refractivity contribution in [1.82, 2.24) is 19.6 Å². The first-order chi connectivity index (χ1) is 13.2. The quantitative estimate of drug-likeness (QED) is 0.625. The Kier molecular flexibility index (Phi) is 8.36. The summed E-state index contributed by atoms with van der Waals surface area (Å²) >= 11 is 0. The maximum absolute atomic E-state index is 12.7. The highest BCUT2D eigenvalue weighted by atomic mass is 19.4. The molecule has 2 heterocycles. The number of halogens is 3. The summed E-state index contributed by atoms with van der Waals surface area (Å²) in [4.78, 5) is 32.1. The molecule has 2 aliphatic rings. The molecule has 10 heteroatoms. The summed E-state index contributed by atoms with van der Waals surface area (Å²) in [6.07, 6.45) is -2.35. The molecule has 0 N–H and O–H groups in total. The van der Waals surface area contributed by atoms with Gasteiger partial charge in [-0.25, -0.2) is 4.79 Å². The van der Waals surface area contributed by atoms with Crippen molar-refractivity contribution in [3.63, 3.8) is 0 Å². The zero-order valence-electron chi connectivity index (χ0n) is 16.7. The molecule has 0 atom stereocenters. The van der Waals surface area contributed by atoms with Gasteiger partial charge in [-0.1, -0.05) is 0 Å². The Hall–Kier alpha value is -1.55. The third-order valence-corrected chi connectivity index (χ3v) is 5.21. The van der Waals surface area contributed by atoms with Crippen LogP contribution in [0.3, 0.4) is 0 Å². The summed E-state index contributed by atoms with van der Waals surface area (Å²) in [5.41, 5.74) is 0. The number of carbonyl (C=O) groups is 2. The molecule has 0 bridgehead atoms. The largest absolute Gasteiger partial charge is 0.411 e. The van der Waals surface area contributed by atoms with Gasteiger partial charge in [0.05, 0.1) is 0 Å². The van der Waals surface area contributed by atoms with Crippen LogP contribution in [0.5, 0.6) is 0 Å². The third kappa shape index (κ3) is 7.12. The van der Waals surface area contributed by atoms with Crippen molar-refractivity contribution in [2.45, 2.75) is 25.4 Å². The zero-order chi connectivity index (χ0) is 20.7. The second kappa shape index (κ2) is 10.3. The molecular formula is C18H31F3N4O3. The van der Waals surface area contributed by atoms with E-state index >= 15 is 0 Å².